The molecule has 0 aliphatic carbocycles. The monoisotopic (exact) mass is 376 g/mol. The summed E-state index contributed by atoms with van der Waals surface area (Å²) in [6.07, 6.45) is 0. The second-order valence-electron chi connectivity index (χ2n) is 5.80. The largest absolute Gasteiger partial charge is 0.495 e. The average molecular weight is 377 g/mol. The van der Waals surface area contributed by atoms with Crippen LogP contribution in [-0.2, 0) is 6.54 Å². The van der Waals surface area contributed by atoms with Gasteiger partial charge in [-0.1, -0.05) is 37.6 Å². The molecule has 1 amide bonds. The van der Waals surface area contributed by atoms with Crippen molar-refractivity contribution in [2.75, 3.05) is 32.6 Å². The van der Waals surface area contributed by atoms with Crippen LogP contribution in [0.2, 0.25) is 5.02 Å². The highest BCUT2D eigenvalue weighted by molar-refractivity contribution is 6.32. The molecule has 2 aromatic rings. The third-order valence-electron chi connectivity index (χ3n) is 4.24. The zero-order valence-corrected chi connectivity index (χ0v) is 16.4. The summed E-state index contributed by atoms with van der Waals surface area (Å²) in [5.74, 6) is 0.724. The molecule has 0 aliphatic heterocycles. The van der Waals surface area contributed by atoms with Crippen molar-refractivity contribution in [2.45, 2.75) is 20.4 Å². The second-order valence-corrected chi connectivity index (χ2v) is 6.21. The number of rotatable bonds is 8. The molecule has 2 rings (SSSR count). The number of nitrogens with zero attached hydrogens (tertiary/aromatic N) is 1. The fraction of sp³-hybridized carbons (Fsp3) is 0.350. The van der Waals surface area contributed by atoms with Crippen molar-refractivity contribution in [3.05, 3.63) is 52.5 Å². The Balaban J connectivity index is 2.15. The molecular weight excluding hydrogens is 352 g/mol. The first-order valence-electron chi connectivity index (χ1n) is 8.56. The minimum Gasteiger partial charge on any atom is -0.495 e. The Bertz CT molecular complexity index is 743. The van der Waals surface area contributed by atoms with E-state index in [9.17, 15) is 4.79 Å². The lowest BCUT2D eigenvalue weighted by Gasteiger charge is -2.18. The van der Waals surface area contributed by atoms with Gasteiger partial charge >= 0.3 is 0 Å². The molecule has 140 valence electrons. The summed E-state index contributed by atoms with van der Waals surface area (Å²) in [4.78, 5) is 14.9. The Kier molecular flexibility index (Phi) is 7.30. The van der Waals surface area contributed by atoms with Crippen LogP contribution in [0.3, 0.4) is 0 Å². The van der Waals surface area contributed by atoms with Gasteiger partial charge in [-0.25, -0.2) is 0 Å². The fourth-order valence-electron chi connectivity index (χ4n) is 2.62. The van der Waals surface area contributed by atoms with Gasteiger partial charge in [0.05, 0.1) is 24.9 Å². The highest BCUT2D eigenvalue weighted by atomic mass is 35.5. The van der Waals surface area contributed by atoms with Crippen molar-refractivity contribution < 1.29 is 14.3 Å². The van der Waals surface area contributed by atoms with Gasteiger partial charge in [-0.2, -0.15) is 0 Å². The van der Waals surface area contributed by atoms with Crippen molar-refractivity contribution in [3.63, 3.8) is 0 Å². The van der Waals surface area contributed by atoms with E-state index in [2.05, 4.69) is 24.1 Å². The molecule has 1 N–H and O–H groups in total. The van der Waals surface area contributed by atoms with E-state index in [-0.39, 0.29) is 5.91 Å². The topological polar surface area (TPSA) is 50.8 Å². The van der Waals surface area contributed by atoms with Gasteiger partial charge in [0.15, 0.2) is 0 Å². The number of nitrogens with one attached hydrogen (secondary N) is 1. The van der Waals surface area contributed by atoms with Crippen molar-refractivity contribution in [3.8, 4) is 11.5 Å². The second kappa shape index (κ2) is 9.46. The number of carbonyl (C=O) groups excluding carboxylic acids is 1. The molecule has 6 heteroatoms. The predicted octanol–water partition coefficient (Wildman–Crippen LogP) is 4.45. The van der Waals surface area contributed by atoms with Gasteiger partial charge < -0.3 is 14.8 Å². The van der Waals surface area contributed by atoms with Crippen LogP contribution in [0.1, 0.15) is 29.8 Å². The summed E-state index contributed by atoms with van der Waals surface area (Å²) < 4.78 is 10.5. The molecule has 0 aromatic heterocycles. The Labute approximate surface area is 159 Å². The molecule has 0 saturated carbocycles. The molecular formula is C20H25ClN2O3. The normalized spacial score (nSPS) is 10.7. The summed E-state index contributed by atoms with van der Waals surface area (Å²) >= 11 is 6.09. The van der Waals surface area contributed by atoms with Crippen molar-refractivity contribution in [1.29, 1.82) is 0 Å². The first-order chi connectivity index (χ1) is 12.5. The lowest BCUT2D eigenvalue weighted by Crippen LogP contribution is -2.22. The van der Waals surface area contributed by atoms with Crippen LogP contribution in [0.5, 0.6) is 11.5 Å². The van der Waals surface area contributed by atoms with Gasteiger partial charge in [0.1, 0.15) is 11.5 Å². The molecule has 2 aromatic carbocycles. The van der Waals surface area contributed by atoms with Crippen molar-refractivity contribution in [2.24, 2.45) is 0 Å². The third-order valence-corrected chi connectivity index (χ3v) is 4.53. The molecule has 0 aliphatic rings. The Morgan fingerprint density at radius 3 is 2.19 bits per heavy atom. The van der Waals surface area contributed by atoms with E-state index in [0.717, 1.165) is 19.6 Å². The van der Waals surface area contributed by atoms with E-state index in [4.69, 9.17) is 21.1 Å². The highest BCUT2D eigenvalue weighted by Crippen LogP contribution is 2.36. The first-order valence-corrected chi connectivity index (χ1v) is 8.94. The standard InChI is InChI=1S/C20H25ClN2O3/c1-5-23(6-2)13-14-7-9-15(10-8-14)20(24)22-17-12-18(25-3)16(21)11-19(17)26-4/h7-12H,5-6,13H2,1-4H3,(H,22,24). The molecule has 26 heavy (non-hydrogen) atoms. The zero-order chi connectivity index (χ0) is 19.1. The van der Waals surface area contributed by atoms with Crippen LogP contribution in [0, 0.1) is 0 Å². The number of methoxy groups -OCH3 is 2. The lowest BCUT2D eigenvalue weighted by molar-refractivity contribution is 0.102. The molecule has 0 fully saturated rings. The van der Waals surface area contributed by atoms with Crippen LogP contribution in [0.15, 0.2) is 36.4 Å². The van der Waals surface area contributed by atoms with Crippen LogP contribution < -0.4 is 14.8 Å². The molecule has 0 heterocycles. The van der Waals surface area contributed by atoms with Gasteiger partial charge in [0.25, 0.3) is 5.91 Å². The average Bonchev–Trinajstić information content (AvgIpc) is 2.67. The Morgan fingerprint density at radius 2 is 1.65 bits per heavy atom. The Hall–Kier alpha value is -2.24. The van der Waals surface area contributed by atoms with Crippen LogP contribution >= 0.6 is 11.6 Å². The summed E-state index contributed by atoms with van der Waals surface area (Å²) in [6.45, 7) is 7.14. The van der Waals surface area contributed by atoms with Gasteiger partial charge in [0.2, 0.25) is 0 Å². The minimum atomic E-state index is -0.220. The number of anilines is 1. The fourth-order valence-corrected chi connectivity index (χ4v) is 2.85. The van der Waals surface area contributed by atoms with E-state index in [0.29, 0.717) is 27.8 Å². The number of amides is 1. The molecule has 0 saturated heterocycles. The van der Waals surface area contributed by atoms with Crippen molar-refractivity contribution >= 4 is 23.2 Å². The van der Waals surface area contributed by atoms with Gasteiger partial charge in [-0.15, -0.1) is 0 Å². The first kappa shape index (κ1) is 20.1. The zero-order valence-electron chi connectivity index (χ0n) is 15.6. The maximum Gasteiger partial charge on any atom is 0.255 e. The van der Waals surface area contributed by atoms with E-state index < -0.39 is 0 Å². The number of carbonyl (C=O) groups is 1. The lowest BCUT2D eigenvalue weighted by atomic mass is 10.1. The quantitative estimate of drug-likeness (QED) is 0.739. The third kappa shape index (κ3) is 4.90. The Morgan fingerprint density at radius 1 is 1.04 bits per heavy atom. The number of ether oxygens (including phenoxy) is 2. The number of halogens is 1. The van der Waals surface area contributed by atoms with Crippen molar-refractivity contribution in [1.82, 2.24) is 4.90 Å². The minimum absolute atomic E-state index is 0.220. The molecule has 0 atom stereocenters. The molecule has 0 radical (unpaired) electrons. The maximum absolute atomic E-state index is 12.6. The number of hydrogen-bond acceptors (Lipinski definition) is 4. The molecule has 0 spiro atoms. The number of benzene rings is 2. The predicted molar refractivity (Wildman–Crippen MR) is 106 cm³/mol. The van der Waals surface area contributed by atoms with E-state index >= 15 is 0 Å². The van der Waals surface area contributed by atoms with Crippen LogP contribution in [0.4, 0.5) is 5.69 Å². The van der Waals surface area contributed by atoms with Crippen LogP contribution in [0.25, 0.3) is 0 Å². The highest BCUT2D eigenvalue weighted by Gasteiger charge is 2.14. The van der Waals surface area contributed by atoms with E-state index in [1.807, 2.05) is 24.3 Å². The molecule has 5 nitrogen and oxygen atoms in total. The smallest absolute Gasteiger partial charge is 0.255 e. The molecule has 0 unspecified atom stereocenters. The van der Waals surface area contributed by atoms with Crippen LogP contribution in [-0.4, -0.2) is 38.1 Å². The van der Waals surface area contributed by atoms with Gasteiger partial charge in [-0.3, -0.25) is 9.69 Å². The summed E-state index contributed by atoms with van der Waals surface area (Å²) in [5.41, 5.74) is 2.26. The van der Waals surface area contributed by atoms with Gasteiger partial charge in [0, 0.05) is 24.2 Å². The SMILES string of the molecule is CCN(CC)Cc1ccc(C(=O)Nc2cc(OC)c(Cl)cc2OC)cc1. The number of hydrogen-bond donors (Lipinski definition) is 1. The van der Waals surface area contributed by atoms with E-state index in [1.54, 1.807) is 12.1 Å². The summed E-state index contributed by atoms with van der Waals surface area (Å²) in [5, 5.41) is 3.27. The molecule has 0 bridgehead atoms. The van der Waals surface area contributed by atoms with E-state index in [1.165, 1.54) is 19.8 Å². The van der Waals surface area contributed by atoms with Gasteiger partial charge in [-0.05, 0) is 30.8 Å². The summed E-state index contributed by atoms with van der Waals surface area (Å²) in [7, 11) is 3.05. The maximum atomic E-state index is 12.6. The summed E-state index contributed by atoms with van der Waals surface area (Å²) in [6, 6.07) is 10.9.